The van der Waals surface area contributed by atoms with Crippen LogP contribution in [0.4, 0.5) is 11.4 Å². The van der Waals surface area contributed by atoms with Gasteiger partial charge in [-0.2, -0.15) is 0 Å². The SMILES string of the molecule is Cc1ccc(CCNc2ccccc2N)cc1C. The lowest BCUT2D eigenvalue weighted by molar-refractivity contribution is 1.01. The average molecular weight is 240 g/mol. The predicted molar refractivity (Wildman–Crippen MR) is 79.0 cm³/mol. The Morgan fingerprint density at radius 1 is 1.00 bits per heavy atom. The molecule has 2 aromatic carbocycles. The molecule has 0 aliphatic rings. The molecule has 0 amide bonds. The Balaban J connectivity index is 1.92. The third kappa shape index (κ3) is 3.04. The fourth-order valence-electron chi connectivity index (χ4n) is 1.96. The lowest BCUT2D eigenvalue weighted by atomic mass is 10.0. The molecular weight excluding hydrogens is 220 g/mol. The minimum Gasteiger partial charge on any atom is -0.397 e. The van der Waals surface area contributed by atoms with E-state index >= 15 is 0 Å². The molecule has 0 saturated carbocycles. The average Bonchev–Trinajstić information content (AvgIpc) is 2.36. The van der Waals surface area contributed by atoms with Crippen LogP contribution in [0.2, 0.25) is 0 Å². The molecule has 0 heterocycles. The molecule has 0 spiro atoms. The number of anilines is 2. The molecule has 2 rings (SSSR count). The number of aryl methyl sites for hydroxylation is 2. The van der Waals surface area contributed by atoms with Gasteiger partial charge in [-0.15, -0.1) is 0 Å². The van der Waals surface area contributed by atoms with Crippen LogP contribution < -0.4 is 11.1 Å². The summed E-state index contributed by atoms with van der Waals surface area (Å²) in [4.78, 5) is 0. The standard InChI is InChI=1S/C16H20N2/c1-12-7-8-14(11-13(12)2)9-10-18-16-6-4-3-5-15(16)17/h3-8,11,18H,9-10,17H2,1-2H3. The molecule has 0 fully saturated rings. The van der Waals surface area contributed by atoms with E-state index in [0.29, 0.717) is 0 Å². The van der Waals surface area contributed by atoms with Gasteiger partial charge in [-0.25, -0.2) is 0 Å². The van der Waals surface area contributed by atoms with Crippen LogP contribution >= 0.6 is 0 Å². The zero-order chi connectivity index (χ0) is 13.0. The van der Waals surface area contributed by atoms with Crippen molar-refractivity contribution in [1.82, 2.24) is 0 Å². The number of para-hydroxylation sites is 2. The fraction of sp³-hybridized carbons (Fsp3) is 0.250. The maximum atomic E-state index is 5.88. The van der Waals surface area contributed by atoms with E-state index in [1.165, 1.54) is 16.7 Å². The Bertz CT molecular complexity index is 532. The Labute approximate surface area is 109 Å². The first kappa shape index (κ1) is 12.5. The van der Waals surface area contributed by atoms with E-state index < -0.39 is 0 Å². The summed E-state index contributed by atoms with van der Waals surface area (Å²) in [5, 5.41) is 3.37. The van der Waals surface area contributed by atoms with Gasteiger partial charge in [0.2, 0.25) is 0 Å². The summed E-state index contributed by atoms with van der Waals surface area (Å²) in [5.41, 5.74) is 11.8. The number of nitrogens with two attached hydrogens (primary N) is 1. The molecule has 18 heavy (non-hydrogen) atoms. The molecule has 0 unspecified atom stereocenters. The molecule has 3 N–H and O–H groups in total. The van der Waals surface area contributed by atoms with Gasteiger partial charge in [0.05, 0.1) is 11.4 Å². The fourth-order valence-corrected chi connectivity index (χ4v) is 1.96. The van der Waals surface area contributed by atoms with Gasteiger partial charge in [-0.05, 0) is 49.1 Å². The maximum Gasteiger partial charge on any atom is 0.0574 e. The first-order valence-electron chi connectivity index (χ1n) is 6.31. The van der Waals surface area contributed by atoms with E-state index in [1.807, 2.05) is 24.3 Å². The maximum absolute atomic E-state index is 5.88. The van der Waals surface area contributed by atoms with Gasteiger partial charge in [-0.1, -0.05) is 30.3 Å². The van der Waals surface area contributed by atoms with Crippen LogP contribution in [0.3, 0.4) is 0 Å². The lowest BCUT2D eigenvalue weighted by Crippen LogP contribution is -2.06. The molecule has 2 aromatic rings. The Morgan fingerprint density at radius 2 is 1.78 bits per heavy atom. The third-order valence-corrected chi connectivity index (χ3v) is 3.26. The molecule has 0 atom stereocenters. The molecule has 0 bridgehead atoms. The Kier molecular flexibility index (Phi) is 3.88. The van der Waals surface area contributed by atoms with Crippen molar-refractivity contribution in [2.75, 3.05) is 17.6 Å². The number of nitrogens with one attached hydrogen (secondary N) is 1. The molecule has 0 aliphatic carbocycles. The van der Waals surface area contributed by atoms with E-state index in [9.17, 15) is 0 Å². The molecule has 0 radical (unpaired) electrons. The van der Waals surface area contributed by atoms with Gasteiger partial charge in [0.1, 0.15) is 0 Å². The van der Waals surface area contributed by atoms with E-state index in [-0.39, 0.29) is 0 Å². The molecule has 2 heteroatoms. The van der Waals surface area contributed by atoms with Crippen LogP contribution in [-0.4, -0.2) is 6.54 Å². The molecular formula is C16H20N2. The highest BCUT2D eigenvalue weighted by Crippen LogP contribution is 2.17. The van der Waals surface area contributed by atoms with Gasteiger partial charge < -0.3 is 11.1 Å². The first-order chi connectivity index (χ1) is 8.66. The van der Waals surface area contributed by atoms with Gasteiger partial charge in [0.25, 0.3) is 0 Å². The van der Waals surface area contributed by atoms with E-state index in [0.717, 1.165) is 24.3 Å². The van der Waals surface area contributed by atoms with Crippen molar-refractivity contribution in [3.63, 3.8) is 0 Å². The van der Waals surface area contributed by atoms with E-state index in [2.05, 4.69) is 37.4 Å². The van der Waals surface area contributed by atoms with Crippen LogP contribution in [0.5, 0.6) is 0 Å². The lowest BCUT2D eigenvalue weighted by Gasteiger charge is -2.10. The Morgan fingerprint density at radius 3 is 2.50 bits per heavy atom. The normalized spacial score (nSPS) is 10.3. The van der Waals surface area contributed by atoms with Crippen LogP contribution in [0.15, 0.2) is 42.5 Å². The number of nitrogen functional groups attached to an aromatic ring is 1. The zero-order valence-corrected chi connectivity index (χ0v) is 11.0. The molecule has 0 aromatic heterocycles. The number of hydrogen-bond acceptors (Lipinski definition) is 2. The van der Waals surface area contributed by atoms with Gasteiger partial charge in [-0.3, -0.25) is 0 Å². The highest BCUT2D eigenvalue weighted by atomic mass is 14.9. The summed E-state index contributed by atoms with van der Waals surface area (Å²) >= 11 is 0. The number of benzene rings is 2. The van der Waals surface area contributed by atoms with Crippen molar-refractivity contribution in [3.8, 4) is 0 Å². The largest absolute Gasteiger partial charge is 0.397 e. The van der Waals surface area contributed by atoms with Crippen LogP contribution in [0.1, 0.15) is 16.7 Å². The predicted octanol–water partition coefficient (Wildman–Crippen LogP) is 3.54. The third-order valence-electron chi connectivity index (χ3n) is 3.26. The summed E-state index contributed by atoms with van der Waals surface area (Å²) in [6, 6.07) is 14.5. The summed E-state index contributed by atoms with van der Waals surface area (Å²) in [6.45, 7) is 5.19. The quantitative estimate of drug-likeness (QED) is 0.802. The minimum atomic E-state index is 0.803. The van der Waals surface area contributed by atoms with Crippen molar-refractivity contribution in [2.45, 2.75) is 20.3 Å². The van der Waals surface area contributed by atoms with Crippen molar-refractivity contribution < 1.29 is 0 Å². The van der Waals surface area contributed by atoms with Crippen molar-refractivity contribution >= 4 is 11.4 Å². The minimum absolute atomic E-state index is 0.803. The summed E-state index contributed by atoms with van der Waals surface area (Å²) < 4.78 is 0. The number of hydrogen-bond donors (Lipinski definition) is 2. The Hall–Kier alpha value is -1.96. The molecule has 0 saturated heterocycles. The van der Waals surface area contributed by atoms with Crippen LogP contribution in [0.25, 0.3) is 0 Å². The zero-order valence-electron chi connectivity index (χ0n) is 11.0. The topological polar surface area (TPSA) is 38.0 Å². The second-order valence-electron chi connectivity index (χ2n) is 4.68. The monoisotopic (exact) mass is 240 g/mol. The number of rotatable bonds is 4. The highest BCUT2D eigenvalue weighted by Gasteiger charge is 1.98. The second kappa shape index (κ2) is 5.58. The van der Waals surface area contributed by atoms with E-state index in [1.54, 1.807) is 0 Å². The second-order valence-corrected chi connectivity index (χ2v) is 4.68. The highest BCUT2D eigenvalue weighted by molar-refractivity contribution is 5.65. The summed E-state index contributed by atoms with van der Waals surface area (Å²) in [5.74, 6) is 0. The van der Waals surface area contributed by atoms with Gasteiger partial charge in [0, 0.05) is 6.54 Å². The smallest absolute Gasteiger partial charge is 0.0574 e. The first-order valence-corrected chi connectivity index (χ1v) is 6.31. The van der Waals surface area contributed by atoms with Crippen LogP contribution in [0, 0.1) is 13.8 Å². The summed E-state index contributed by atoms with van der Waals surface area (Å²) in [6.07, 6.45) is 1.01. The molecule has 2 nitrogen and oxygen atoms in total. The van der Waals surface area contributed by atoms with Crippen molar-refractivity contribution in [1.29, 1.82) is 0 Å². The molecule has 94 valence electrons. The van der Waals surface area contributed by atoms with Crippen molar-refractivity contribution in [3.05, 3.63) is 59.2 Å². The van der Waals surface area contributed by atoms with Crippen molar-refractivity contribution in [2.24, 2.45) is 0 Å². The molecule has 0 aliphatic heterocycles. The van der Waals surface area contributed by atoms with Crippen LogP contribution in [-0.2, 0) is 6.42 Å². The summed E-state index contributed by atoms with van der Waals surface area (Å²) in [7, 11) is 0. The van der Waals surface area contributed by atoms with Gasteiger partial charge in [0.15, 0.2) is 0 Å². The van der Waals surface area contributed by atoms with Gasteiger partial charge >= 0.3 is 0 Å². The van der Waals surface area contributed by atoms with E-state index in [4.69, 9.17) is 5.73 Å².